The van der Waals surface area contributed by atoms with Gasteiger partial charge in [-0.05, 0) is 18.6 Å². The van der Waals surface area contributed by atoms with E-state index in [0.717, 1.165) is 11.0 Å². The van der Waals surface area contributed by atoms with Crippen molar-refractivity contribution in [3.63, 3.8) is 0 Å². The minimum Gasteiger partial charge on any atom is -0.479 e. The molecule has 1 aliphatic heterocycles. The van der Waals surface area contributed by atoms with E-state index in [1.807, 2.05) is 18.2 Å². The number of aliphatic carboxylic acids is 1. The molecule has 0 spiro atoms. The second-order valence-corrected chi connectivity index (χ2v) is 5.24. The van der Waals surface area contributed by atoms with Gasteiger partial charge in [0, 0.05) is 23.6 Å². The van der Waals surface area contributed by atoms with Gasteiger partial charge in [-0.15, -0.1) is 0 Å². The number of carboxylic acids is 1. The average Bonchev–Trinajstić information content (AvgIpc) is 2.38. The number of morpholine rings is 1. The van der Waals surface area contributed by atoms with Crippen LogP contribution in [0.2, 0.25) is 0 Å². The molecule has 0 aliphatic carbocycles. The molecule has 1 heterocycles. The Labute approximate surface area is 115 Å². The van der Waals surface area contributed by atoms with E-state index in [2.05, 4.69) is 33.8 Å². The van der Waals surface area contributed by atoms with Crippen LogP contribution >= 0.6 is 15.9 Å². The first-order valence-corrected chi connectivity index (χ1v) is 6.72. The average molecular weight is 314 g/mol. The molecule has 1 N–H and O–H groups in total. The Morgan fingerprint density at radius 1 is 1.56 bits per heavy atom. The van der Waals surface area contributed by atoms with Gasteiger partial charge in [0.2, 0.25) is 0 Å². The lowest BCUT2D eigenvalue weighted by molar-refractivity contribution is -0.157. The van der Waals surface area contributed by atoms with Crippen molar-refractivity contribution in [2.24, 2.45) is 0 Å². The summed E-state index contributed by atoms with van der Waals surface area (Å²) >= 11 is 3.53. The second kappa shape index (κ2) is 5.82. The summed E-state index contributed by atoms with van der Waals surface area (Å²) in [6.07, 6.45) is -0.719. The molecule has 1 aromatic rings. The highest BCUT2D eigenvalue weighted by Crippen LogP contribution is 2.28. The molecular formula is C13H16BrNO3. The van der Waals surface area contributed by atoms with Crippen LogP contribution in [0.4, 0.5) is 0 Å². The molecule has 0 amide bonds. The van der Waals surface area contributed by atoms with Gasteiger partial charge in [0.25, 0.3) is 0 Å². The standard InChI is InChI=1S/C13H16BrNO3/c1-9(10-4-2-3-5-11(10)14)15-6-7-18-12(8-15)13(16)17/h2-5,9,12H,6-8H2,1H3,(H,16,17). The number of ether oxygens (including phenoxy) is 1. The lowest BCUT2D eigenvalue weighted by Gasteiger charge is -2.35. The van der Waals surface area contributed by atoms with Crippen molar-refractivity contribution in [1.82, 2.24) is 4.90 Å². The van der Waals surface area contributed by atoms with Gasteiger partial charge in [-0.25, -0.2) is 4.79 Å². The lowest BCUT2D eigenvalue weighted by atomic mass is 10.1. The number of benzene rings is 1. The summed E-state index contributed by atoms with van der Waals surface area (Å²) in [6, 6.07) is 8.19. The molecule has 0 saturated carbocycles. The van der Waals surface area contributed by atoms with Gasteiger partial charge < -0.3 is 9.84 Å². The summed E-state index contributed by atoms with van der Waals surface area (Å²) in [6.45, 7) is 3.74. The van der Waals surface area contributed by atoms with E-state index in [-0.39, 0.29) is 6.04 Å². The molecule has 4 nitrogen and oxygen atoms in total. The molecule has 2 unspecified atom stereocenters. The molecule has 2 rings (SSSR count). The molecule has 5 heteroatoms. The van der Waals surface area contributed by atoms with Gasteiger partial charge >= 0.3 is 5.97 Å². The first-order valence-electron chi connectivity index (χ1n) is 5.92. The molecule has 2 atom stereocenters. The first-order chi connectivity index (χ1) is 8.59. The Balaban J connectivity index is 2.11. The van der Waals surface area contributed by atoms with E-state index in [0.29, 0.717) is 13.2 Å². The van der Waals surface area contributed by atoms with Gasteiger partial charge in [-0.2, -0.15) is 0 Å². The van der Waals surface area contributed by atoms with Crippen LogP contribution in [0.3, 0.4) is 0 Å². The molecule has 1 aliphatic rings. The van der Waals surface area contributed by atoms with Crippen LogP contribution in [0.1, 0.15) is 18.5 Å². The van der Waals surface area contributed by atoms with Crippen molar-refractivity contribution >= 4 is 21.9 Å². The first kappa shape index (κ1) is 13.5. The monoisotopic (exact) mass is 313 g/mol. The summed E-state index contributed by atoms with van der Waals surface area (Å²) in [5.74, 6) is -0.890. The summed E-state index contributed by atoms with van der Waals surface area (Å²) in [7, 11) is 0. The normalized spacial score (nSPS) is 22.7. The predicted octanol–water partition coefficient (Wildman–Crippen LogP) is 2.30. The summed E-state index contributed by atoms with van der Waals surface area (Å²) in [5.41, 5.74) is 1.17. The smallest absolute Gasteiger partial charge is 0.334 e. The van der Waals surface area contributed by atoms with Crippen molar-refractivity contribution in [3.05, 3.63) is 34.3 Å². The molecule has 0 aromatic heterocycles. The topological polar surface area (TPSA) is 49.8 Å². The molecule has 0 radical (unpaired) electrons. The zero-order valence-corrected chi connectivity index (χ0v) is 11.8. The van der Waals surface area contributed by atoms with Crippen molar-refractivity contribution in [2.75, 3.05) is 19.7 Å². The third kappa shape index (κ3) is 2.91. The number of hydrogen-bond acceptors (Lipinski definition) is 3. The minimum atomic E-state index is -0.890. The zero-order valence-electron chi connectivity index (χ0n) is 10.2. The Bertz CT molecular complexity index is 438. The lowest BCUT2D eigenvalue weighted by Crippen LogP contribution is -2.46. The van der Waals surface area contributed by atoms with E-state index in [9.17, 15) is 4.79 Å². The van der Waals surface area contributed by atoms with Crippen LogP contribution < -0.4 is 0 Å². The maximum Gasteiger partial charge on any atom is 0.334 e. The van der Waals surface area contributed by atoms with Crippen molar-refractivity contribution in [3.8, 4) is 0 Å². The van der Waals surface area contributed by atoms with Crippen LogP contribution in [-0.4, -0.2) is 41.8 Å². The van der Waals surface area contributed by atoms with Gasteiger partial charge in [0.15, 0.2) is 6.10 Å². The Morgan fingerprint density at radius 3 is 2.94 bits per heavy atom. The van der Waals surface area contributed by atoms with Crippen LogP contribution in [0.25, 0.3) is 0 Å². The molecule has 98 valence electrons. The fourth-order valence-corrected chi connectivity index (χ4v) is 2.80. The Hall–Kier alpha value is -0.910. The number of carbonyl (C=O) groups is 1. The summed E-state index contributed by atoms with van der Waals surface area (Å²) < 4.78 is 6.28. The minimum absolute atomic E-state index is 0.173. The van der Waals surface area contributed by atoms with Crippen molar-refractivity contribution < 1.29 is 14.6 Å². The molecule has 1 fully saturated rings. The fourth-order valence-electron chi connectivity index (χ4n) is 2.18. The van der Waals surface area contributed by atoms with E-state index in [1.165, 1.54) is 5.56 Å². The van der Waals surface area contributed by atoms with Gasteiger partial charge in [0.05, 0.1) is 6.61 Å². The van der Waals surface area contributed by atoms with Crippen LogP contribution in [0, 0.1) is 0 Å². The van der Waals surface area contributed by atoms with Crippen LogP contribution in [-0.2, 0) is 9.53 Å². The molecular weight excluding hydrogens is 298 g/mol. The van der Waals surface area contributed by atoms with Crippen molar-refractivity contribution in [2.45, 2.75) is 19.1 Å². The number of carboxylic acid groups (broad SMARTS) is 1. The van der Waals surface area contributed by atoms with Crippen LogP contribution in [0.15, 0.2) is 28.7 Å². The molecule has 1 aromatic carbocycles. The highest BCUT2D eigenvalue weighted by atomic mass is 79.9. The van der Waals surface area contributed by atoms with Crippen molar-refractivity contribution in [1.29, 1.82) is 0 Å². The highest BCUT2D eigenvalue weighted by Gasteiger charge is 2.29. The number of rotatable bonds is 3. The SMILES string of the molecule is CC(c1ccccc1Br)N1CCOC(C(=O)O)C1. The van der Waals surface area contributed by atoms with E-state index in [4.69, 9.17) is 9.84 Å². The van der Waals surface area contributed by atoms with Gasteiger partial charge in [-0.3, -0.25) is 4.90 Å². The second-order valence-electron chi connectivity index (χ2n) is 4.39. The molecule has 0 bridgehead atoms. The van der Waals surface area contributed by atoms with E-state index >= 15 is 0 Å². The summed E-state index contributed by atoms with van der Waals surface area (Å²) in [4.78, 5) is 13.1. The zero-order chi connectivity index (χ0) is 13.1. The Morgan fingerprint density at radius 2 is 2.28 bits per heavy atom. The van der Waals surface area contributed by atoms with Crippen LogP contribution in [0.5, 0.6) is 0 Å². The summed E-state index contributed by atoms with van der Waals surface area (Å²) in [5, 5.41) is 9.00. The number of hydrogen-bond donors (Lipinski definition) is 1. The maximum atomic E-state index is 11.0. The molecule has 1 saturated heterocycles. The maximum absolute atomic E-state index is 11.0. The largest absolute Gasteiger partial charge is 0.479 e. The fraction of sp³-hybridized carbons (Fsp3) is 0.462. The quantitative estimate of drug-likeness (QED) is 0.930. The number of nitrogens with zero attached hydrogens (tertiary/aromatic N) is 1. The highest BCUT2D eigenvalue weighted by molar-refractivity contribution is 9.10. The molecule has 18 heavy (non-hydrogen) atoms. The third-order valence-electron chi connectivity index (χ3n) is 3.28. The van der Waals surface area contributed by atoms with E-state index < -0.39 is 12.1 Å². The van der Waals surface area contributed by atoms with Gasteiger partial charge in [-0.1, -0.05) is 34.1 Å². The number of halogens is 1. The third-order valence-corrected chi connectivity index (χ3v) is 4.00. The van der Waals surface area contributed by atoms with E-state index in [1.54, 1.807) is 0 Å². The predicted molar refractivity (Wildman–Crippen MR) is 71.5 cm³/mol. The Kier molecular flexibility index (Phi) is 4.37. The van der Waals surface area contributed by atoms with Gasteiger partial charge in [0.1, 0.15) is 0 Å².